The fourth-order valence-corrected chi connectivity index (χ4v) is 1.53. The summed E-state index contributed by atoms with van der Waals surface area (Å²) >= 11 is 3.27. The lowest BCUT2D eigenvalue weighted by atomic mass is 10.2. The number of alkyl halides is 1. The average Bonchev–Trinajstić information content (AvgIpc) is 2.28. The first-order chi connectivity index (χ1) is 7.67. The molecule has 1 aromatic heterocycles. The van der Waals surface area contributed by atoms with E-state index in [0.29, 0.717) is 17.5 Å². The number of carbonyl (C=O) groups excluding carboxylic acids is 1. The van der Waals surface area contributed by atoms with Gasteiger partial charge < -0.3 is 15.0 Å². The van der Waals surface area contributed by atoms with Gasteiger partial charge in [-0.05, 0) is 6.07 Å². The third-order valence-electron chi connectivity index (χ3n) is 1.93. The summed E-state index contributed by atoms with van der Waals surface area (Å²) in [6, 6.07) is 2.69. The number of carbonyl (C=O) groups is 1. The minimum Gasteiger partial charge on any atom is -0.383 e. The van der Waals surface area contributed by atoms with Crippen molar-refractivity contribution in [1.29, 1.82) is 0 Å². The van der Waals surface area contributed by atoms with Crippen LogP contribution in [-0.2, 0) is 4.74 Å². The van der Waals surface area contributed by atoms with E-state index in [1.165, 1.54) is 12.3 Å². The van der Waals surface area contributed by atoms with Crippen molar-refractivity contribution in [1.82, 2.24) is 10.3 Å². The second kappa shape index (κ2) is 6.44. The van der Waals surface area contributed by atoms with Gasteiger partial charge in [0.05, 0.1) is 12.6 Å². The van der Waals surface area contributed by atoms with E-state index in [0.717, 1.165) is 0 Å². The zero-order valence-electron chi connectivity index (χ0n) is 8.83. The third-order valence-corrected chi connectivity index (χ3v) is 2.71. The molecule has 1 unspecified atom stereocenters. The van der Waals surface area contributed by atoms with Crippen LogP contribution < -0.4 is 10.9 Å². The Hall–Kier alpha value is -1.14. The summed E-state index contributed by atoms with van der Waals surface area (Å²) in [6.45, 7) is 0.417. The Balaban J connectivity index is 2.67. The van der Waals surface area contributed by atoms with Crippen LogP contribution in [0.15, 0.2) is 23.1 Å². The number of aromatic amines is 1. The maximum atomic E-state index is 11.7. The highest BCUT2D eigenvalue weighted by atomic mass is 79.9. The van der Waals surface area contributed by atoms with Gasteiger partial charge in [0.25, 0.3) is 5.91 Å². The lowest BCUT2D eigenvalue weighted by Gasteiger charge is -2.14. The number of aromatic nitrogens is 1. The molecule has 2 N–H and O–H groups in total. The Morgan fingerprint density at radius 1 is 1.69 bits per heavy atom. The highest BCUT2D eigenvalue weighted by molar-refractivity contribution is 9.09. The lowest BCUT2D eigenvalue weighted by Crippen LogP contribution is -2.39. The Morgan fingerprint density at radius 3 is 3.00 bits per heavy atom. The van der Waals surface area contributed by atoms with Crippen molar-refractivity contribution in [3.63, 3.8) is 0 Å². The first kappa shape index (κ1) is 12.9. The molecule has 0 bridgehead atoms. The van der Waals surface area contributed by atoms with Crippen LogP contribution in [0.1, 0.15) is 10.4 Å². The molecule has 16 heavy (non-hydrogen) atoms. The number of H-pyrrole nitrogens is 1. The van der Waals surface area contributed by atoms with Crippen LogP contribution in [0.3, 0.4) is 0 Å². The second-order valence-electron chi connectivity index (χ2n) is 3.22. The molecule has 0 saturated heterocycles. The van der Waals surface area contributed by atoms with E-state index in [1.807, 2.05) is 0 Å². The van der Waals surface area contributed by atoms with Gasteiger partial charge >= 0.3 is 0 Å². The molecule has 88 valence electrons. The smallest absolute Gasteiger partial charge is 0.251 e. The minimum atomic E-state index is -0.296. The van der Waals surface area contributed by atoms with Crippen LogP contribution in [0.5, 0.6) is 0 Å². The molecule has 1 aromatic rings. The van der Waals surface area contributed by atoms with Crippen molar-refractivity contribution in [2.45, 2.75) is 6.04 Å². The van der Waals surface area contributed by atoms with Crippen molar-refractivity contribution in [2.24, 2.45) is 0 Å². The molecule has 0 saturated carbocycles. The molecule has 0 aliphatic carbocycles. The highest BCUT2D eigenvalue weighted by Crippen LogP contribution is 1.97. The SMILES string of the molecule is COCC(CBr)NC(=O)c1cc[nH]c(=O)c1. The van der Waals surface area contributed by atoms with Crippen molar-refractivity contribution in [2.75, 3.05) is 19.0 Å². The van der Waals surface area contributed by atoms with Gasteiger partial charge in [-0.2, -0.15) is 0 Å². The van der Waals surface area contributed by atoms with E-state index in [1.54, 1.807) is 13.2 Å². The maximum Gasteiger partial charge on any atom is 0.251 e. The number of pyridine rings is 1. The van der Waals surface area contributed by atoms with Crippen LogP contribution in [0.2, 0.25) is 0 Å². The Kier molecular flexibility index (Phi) is 5.21. The van der Waals surface area contributed by atoms with Gasteiger partial charge in [0.2, 0.25) is 5.56 Å². The largest absolute Gasteiger partial charge is 0.383 e. The van der Waals surface area contributed by atoms with E-state index in [-0.39, 0.29) is 17.5 Å². The Morgan fingerprint density at radius 2 is 2.44 bits per heavy atom. The molecule has 0 aliphatic heterocycles. The Labute approximate surface area is 101 Å². The predicted octanol–water partition coefficient (Wildman–Crippen LogP) is 0.515. The molecular formula is C10H13BrN2O3. The average molecular weight is 289 g/mol. The summed E-state index contributed by atoms with van der Waals surface area (Å²) in [5.41, 5.74) is 0.0422. The number of methoxy groups -OCH3 is 1. The summed E-state index contributed by atoms with van der Waals surface area (Å²) in [6.07, 6.45) is 1.44. The summed E-state index contributed by atoms with van der Waals surface area (Å²) in [4.78, 5) is 25.2. The van der Waals surface area contributed by atoms with E-state index in [4.69, 9.17) is 4.74 Å². The van der Waals surface area contributed by atoms with E-state index < -0.39 is 0 Å². The first-order valence-electron chi connectivity index (χ1n) is 4.72. The summed E-state index contributed by atoms with van der Waals surface area (Å²) in [7, 11) is 1.56. The Bertz CT molecular complexity index is 405. The first-order valence-corrected chi connectivity index (χ1v) is 5.84. The van der Waals surface area contributed by atoms with Gasteiger partial charge in [0.1, 0.15) is 0 Å². The van der Waals surface area contributed by atoms with Gasteiger partial charge in [-0.1, -0.05) is 15.9 Å². The molecule has 1 rings (SSSR count). The molecule has 6 heteroatoms. The number of hydrogen-bond acceptors (Lipinski definition) is 3. The fourth-order valence-electron chi connectivity index (χ4n) is 1.18. The fraction of sp³-hybridized carbons (Fsp3) is 0.400. The molecule has 5 nitrogen and oxygen atoms in total. The number of nitrogens with one attached hydrogen (secondary N) is 2. The van der Waals surface area contributed by atoms with Gasteiger partial charge in [-0.25, -0.2) is 0 Å². The monoisotopic (exact) mass is 288 g/mol. The molecule has 1 heterocycles. The molecule has 0 spiro atoms. The summed E-state index contributed by atoms with van der Waals surface area (Å²) < 4.78 is 4.94. The zero-order valence-corrected chi connectivity index (χ0v) is 10.4. The summed E-state index contributed by atoms with van der Waals surface area (Å²) in [5.74, 6) is -0.285. The molecular weight excluding hydrogens is 276 g/mol. The standard InChI is InChI=1S/C10H13BrN2O3/c1-16-6-8(5-11)13-10(15)7-2-3-12-9(14)4-7/h2-4,8H,5-6H2,1H3,(H,12,14)(H,13,15). The van der Waals surface area contributed by atoms with Crippen LogP contribution in [0.4, 0.5) is 0 Å². The molecule has 0 radical (unpaired) electrons. The number of hydrogen-bond donors (Lipinski definition) is 2. The molecule has 0 fully saturated rings. The zero-order chi connectivity index (χ0) is 12.0. The lowest BCUT2D eigenvalue weighted by molar-refractivity contribution is 0.0907. The number of halogens is 1. The summed E-state index contributed by atoms with van der Waals surface area (Å²) in [5, 5.41) is 3.34. The normalized spacial score (nSPS) is 12.1. The van der Waals surface area contributed by atoms with Crippen LogP contribution in [-0.4, -0.2) is 36.0 Å². The number of amides is 1. The van der Waals surface area contributed by atoms with Gasteiger partial charge in [-0.3, -0.25) is 9.59 Å². The van der Waals surface area contributed by atoms with Crippen LogP contribution >= 0.6 is 15.9 Å². The quantitative estimate of drug-likeness (QED) is 0.776. The maximum absolute atomic E-state index is 11.7. The van der Waals surface area contributed by atoms with Crippen LogP contribution in [0.25, 0.3) is 0 Å². The molecule has 1 amide bonds. The van der Waals surface area contributed by atoms with Gasteiger partial charge in [0.15, 0.2) is 0 Å². The van der Waals surface area contributed by atoms with Gasteiger partial charge in [0, 0.05) is 30.3 Å². The van der Waals surface area contributed by atoms with E-state index in [2.05, 4.69) is 26.2 Å². The van der Waals surface area contributed by atoms with Crippen molar-refractivity contribution in [3.8, 4) is 0 Å². The topological polar surface area (TPSA) is 71.2 Å². The number of ether oxygens (including phenoxy) is 1. The third kappa shape index (κ3) is 3.79. The van der Waals surface area contributed by atoms with E-state index in [9.17, 15) is 9.59 Å². The van der Waals surface area contributed by atoms with Crippen molar-refractivity contribution < 1.29 is 9.53 Å². The highest BCUT2D eigenvalue weighted by Gasteiger charge is 2.12. The van der Waals surface area contributed by atoms with E-state index >= 15 is 0 Å². The number of rotatable bonds is 5. The predicted molar refractivity (Wildman–Crippen MR) is 64.0 cm³/mol. The van der Waals surface area contributed by atoms with Crippen molar-refractivity contribution >= 4 is 21.8 Å². The van der Waals surface area contributed by atoms with Gasteiger partial charge in [-0.15, -0.1) is 0 Å². The second-order valence-corrected chi connectivity index (χ2v) is 3.87. The van der Waals surface area contributed by atoms with Crippen LogP contribution in [0, 0.1) is 0 Å². The molecule has 1 atom stereocenters. The molecule has 0 aliphatic rings. The molecule has 0 aromatic carbocycles. The minimum absolute atomic E-state index is 0.114. The van der Waals surface area contributed by atoms with Crippen molar-refractivity contribution in [3.05, 3.63) is 34.2 Å².